The van der Waals surface area contributed by atoms with Crippen LogP contribution in [0.15, 0.2) is 36.4 Å². The molecule has 0 aliphatic rings. The van der Waals surface area contributed by atoms with Crippen LogP contribution < -0.4 is 5.32 Å². The maximum absolute atomic E-state index is 6.43. The molecule has 1 nitrogen and oxygen atoms in total. The second-order valence-corrected chi connectivity index (χ2v) is 6.25. The first kappa shape index (κ1) is 16.6. The van der Waals surface area contributed by atoms with Crippen LogP contribution in [-0.4, -0.2) is 6.54 Å². The molecule has 0 fully saturated rings. The van der Waals surface area contributed by atoms with Crippen LogP contribution in [-0.2, 0) is 0 Å². The van der Waals surface area contributed by atoms with Crippen molar-refractivity contribution in [2.45, 2.75) is 26.3 Å². The molecule has 0 saturated carbocycles. The Morgan fingerprint density at radius 3 is 2.43 bits per heavy atom. The summed E-state index contributed by atoms with van der Waals surface area (Å²) in [6, 6.07) is 11.7. The van der Waals surface area contributed by atoms with Crippen molar-refractivity contribution in [3.05, 3.63) is 68.2 Å². The molecule has 4 heteroatoms. The van der Waals surface area contributed by atoms with Gasteiger partial charge in [0.05, 0.1) is 16.1 Å². The molecule has 0 aromatic heterocycles. The number of benzene rings is 2. The fraction of sp³-hybridized carbons (Fsp3) is 0.294. The molecular formula is C17H18Cl3N. The molecule has 0 heterocycles. The Morgan fingerprint density at radius 2 is 1.76 bits per heavy atom. The summed E-state index contributed by atoms with van der Waals surface area (Å²) in [5, 5.41) is 5.37. The van der Waals surface area contributed by atoms with Gasteiger partial charge in [0.2, 0.25) is 0 Å². The summed E-state index contributed by atoms with van der Waals surface area (Å²) in [7, 11) is 0. The van der Waals surface area contributed by atoms with Crippen LogP contribution in [0, 0.1) is 6.92 Å². The summed E-state index contributed by atoms with van der Waals surface area (Å²) >= 11 is 19.0. The fourth-order valence-corrected chi connectivity index (χ4v) is 3.05. The highest BCUT2D eigenvalue weighted by molar-refractivity contribution is 6.42. The van der Waals surface area contributed by atoms with Crippen molar-refractivity contribution in [3.8, 4) is 0 Å². The smallest absolute Gasteiger partial charge is 0.0643 e. The van der Waals surface area contributed by atoms with Crippen LogP contribution in [0.25, 0.3) is 0 Å². The molecule has 1 N–H and O–H groups in total. The van der Waals surface area contributed by atoms with Crippen molar-refractivity contribution in [2.75, 3.05) is 6.54 Å². The van der Waals surface area contributed by atoms with Crippen molar-refractivity contribution in [1.82, 2.24) is 5.32 Å². The van der Waals surface area contributed by atoms with E-state index in [1.54, 1.807) is 6.07 Å². The predicted octanol–water partition coefficient (Wildman–Crippen LogP) is 6.04. The molecule has 1 atom stereocenters. The molecule has 0 radical (unpaired) electrons. The highest BCUT2D eigenvalue weighted by atomic mass is 35.5. The molecule has 0 amide bonds. The quantitative estimate of drug-likeness (QED) is 0.698. The third-order valence-corrected chi connectivity index (χ3v) is 4.52. The second-order valence-electron chi connectivity index (χ2n) is 5.06. The molecule has 0 aliphatic carbocycles. The Bertz CT molecular complexity index is 625. The Kier molecular flexibility index (Phi) is 5.95. The maximum Gasteiger partial charge on any atom is 0.0643 e. The molecule has 1 unspecified atom stereocenters. The minimum absolute atomic E-state index is 0.0655. The number of hydrogen-bond acceptors (Lipinski definition) is 1. The molecule has 112 valence electrons. The summed E-state index contributed by atoms with van der Waals surface area (Å²) in [5.41, 5.74) is 3.10. The van der Waals surface area contributed by atoms with Gasteiger partial charge in [0.15, 0.2) is 0 Å². The van der Waals surface area contributed by atoms with Crippen molar-refractivity contribution in [1.29, 1.82) is 0 Å². The van der Waals surface area contributed by atoms with Gasteiger partial charge >= 0.3 is 0 Å². The topological polar surface area (TPSA) is 12.0 Å². The molecular weight excluding hydrogens is 325 g/mol. The summed E-state index contributed by atoms with van der Waals surface area (Å²) in [4.78, 5) is 0. The lowest BCUT2D eigenvalue weighted by Gasteiger charge is -2.22. The lowest BCUT2D eigenvalue weighted by atomic mass is 9.97. The Labute approximate surface area is 141 Å². The van der Waals surface area contributed by atoms with Crippen LogP contribution in [0.2, 0.25) is 15.1 Å². The summed E-state index contributed by atoms with van der Waals surface area (Å²) in [6.07, 6.45) is 1.03. The molecule has 2 aromatic carbocycles. The second kappa shape index (κ2) is 7.51. The van der Waals surface area contributed by atoms with E-state index in [0.717, 1.165) is 34.7 Å². The van der Waals surface area contributed by atoms with Gasteiger partial charge in [0.1, 0.15) is 0 Å². The van der Waals surface area contributed by atoms with E-state index in [-0.39, 0.29) is 6.04 Å². The van der Waals surface area contributed by atoms with Gasteiger partial charge in [0, 0.05) is 5.02 Å². The van der Waals surface area contributed by atoms with E-state index in [2.05, 4.69) is 18.3 Å². The molecule has 2 aromatic rings. The number of nitrogens with one attached hydrogen (secondary N) is 1. The van der Waals surface area contributed by atoms with Gasteiger partial charge in [0.25, 0.3) is 0 Å². The third kappa shape index (κ3) is 3.92. The van der Waals surface area contributed by atoms with Crippen LogP contribution in [0.4, 0.5) is 0 Å². The third-order valence-electron chi connectivity index (χ3n) is 3.36. The number of halogens is 3. The van der Waals surface area contributed by atoms with E-state index < -0.39 is 0 Å². The van der Waals surface area contributed by atoms with Gasteiger partial charge in [-0.3, -0.25) is 0 Å². The van der Waals surface area contributed by atoms with Crippen LogP contribution in [0.3, 0.4) is 0 Å². The van der Waals surface area contributed by atoms with E-state index in [9.17, 15) is 0 Å². The van der Waals surface area contributed by atoms with Crippen molar-refractivity contribution in [2.24, 2.45) is 0 Å². The lowest BCUT2D eigenvalue weighted by molar-refractivity contribution is 0.599. The highest BCUT2D eigenvalue weighted by Crippen LogP contribution is 2.35. The zero-order valence-corrected chi connectivity index (χ0v) is 14.4. The number of rotatable bonds is 5. The largest absolute Gasteiger partial charge is 0.306 e. The standard InChI is InChI=1S/C17H18Cl3N/c1-3-9-21-17(12-8-7-11(2)10-15(12)19)13-5-4-6-14(18)16(13)20/h4-8,10,17,21H,3,9H2,1-2H3. The highest BCUT2D eigenvalue weighted by Gasteiger charge is 2.20. The van der Waals surface area contributed by atoms with Crippen molar-refractivity contribution in [3.63, 3.8) is 0 Å². The van der Waals surface area contributed by atoms with Gasteiger partial charge in [-0.1, -0.05) is 66.0 Å². The molecule has 21 heavy (non-hydrogen) atoms. The normalized spacial score (nSPS) is 12.4. The minimum Gasteiger partial charge on any atom is -0.306 e. The molecule has 0 bridgehead atoms. The number of aryl methyl sites for hydroxylation is 1. The predicted molar refractivity (Wildman–Crippen MR) is 92.8 cm³/mol. The Balaban J connectivity index is 2.49. The van der Waals surface area contributed by atoms with Gasteiger partial charge < -0.3 is 5.32 Å². The minimum atomic E-state index is -0.0655. The van der Waals surface area contributed by atoms with E-state index in [0.29, 0.717) is 10.0 Å². The van der Waals surface area contributed by atoms with Crippen LogP contribution in [0.5, 0.6) is 0 Å². The summed E-state index contributed by atoms with van der Waals surface area (Å²) < 4.78 is 0. The Morgan fingerprint density at radius 1 is 1.00 bits per heavy atom. The molecule has 2 rings (SSSR count). The van der Waals surface area contributed by atoms with Gasteiger partial charge in [-0.15, -0.1) is 0 Å². The van der Waals surface area contributed by atoms with Crippen LogP contribution in [0.1, 0.15) is 36.1 Å². The first-order chi connectivity index (χ1) is 10.0. The monoisotopic (exact) mass is 341 g/mol. The average Bonchev–Trinajstić information content (AvgIpc) is 2.45. The first-order valence-electron chi connectivity index (χ1n) is 6.98. The summed E-state index contributed by atoms with van der Waals surface area (Å²) in [6.45, 7) is 5.02. The van der Waals surface area contributed by atoms with Crippen molar-refractivity contribution < 1.29 is 0 Å². The van der Waals surface area contributed by atoms with Gasteiger partial charge in [-0.25, -0.2) is 0 Å². The van der Waals surface area contributed by atoms with Gasteiger partial charge in [-0.05, 0) is 48.7 Å². The van der Waals surface area contributed by atoms with E-state index in [1.165, 1.54) is 0 Å². The van der Waals surface area contributed by atoms with Gasteiger partial charge in [-0.2, -0.15) is 0 Å². The Hall–Kier alpha value is -0.730. The zero-order valence-electron chi connectivity index (χ0n) is 12.1. The van der Waals surface area contributed by atoms with E-state index in [1.807, 2.05) is 31.2 Å². The van der Waals surface area contributed by atoms with Crippen LogP contribution >= 0.6 is 34.8 Å². The SMILES string of the molecule is CCCNC(c1ccc(C)cc1Cl)c1cccc(Cl)c1Cl. The first-order valence-corrected chi connectivity index (χ1v) is 8.11. The zero-order chi connectivity index (χ0) is 15.4. The molecule has 0 aliphatic heterocycles. The van der Waals surface area contributed by atoms with E-state index in [4.69, 9.17) is 34.8 Å². The lowest BCUT2D eigenvalue weighted by Crippen LogP contribution is -2.24. The average molecular weight is 343 g/mol. The van der Waals surface area contributed by atoms with E-state index >= 15 is 0 Å². The summed E-state index contributed by atoms with van der Waals surface area (Å²) in [5.74, 6) is 0. The number of hydrogen-bond donors (Lipinski definition) is 1. The molecule has 0 saturated heterocycles. The van der Waals surface area contributed by atoms with Crippen molar-refractivity contribution >= 4 is 34.8 Å². The fourth-order valence-electron chi connectivity index (χ4n) is 2.29. The molecule has 0 spiro atoms. The maximum atomic E-state index is 6.43.